The van der Waals surface area contributed by atoms with Crippen LogP contribution in [0.25, 0.3) is 0 Å². The number of nitrogens with zero attached hydrogens (tertiary/aromatic N) is 2. The Kier molecular flexibility index (Phi) is 5.88. The zero-order valence-electron chi connectivity index (χ0n) is 11.9. The van der Waals surface area contributed by atoms with E-state index in [1.807, 2.05) is 6.92 Å². The quantitative estimate of drug-likeness (QED) is 0.802. The molecule has 2 N–H and O–H groups in total. The SMILES string of the molecule is CCOC(=O)N1CCN(CC(C)(C)CCN)CC1. The minimum Gasteiger partial charge on any atom is -0.450 e. The minimum atomic E-state index is -0.182. The van der Waals surface area contributed by atoms with Gasteiger partial charge in [-0.3, -0.25) is 4.90 Å². The van der Waals surface area contributed by atoms with Crippen LogP contribution in [0, 0.1) is 5.41 Å². The lowest BCUT2D eigenvalue weighted by atomic mass is 9.88. The molecule has 0 aromatic rings. The number of carbonyl (C=O) groups is 1. The van der Waals surface area contributed by atoms with Crippen molar-refractivity contribution in [2.45, 2.75) is 27.2 Å². The molecular weight excluding hydrogens is 230 g/mol. The number of nitrogens with two attached hydrogens (primary N) is 1. The molecule has 106 valence electrons. The van der Waals surface area contributed by atoms with Crippen LogP contribution >= 0.6 is 0 Å². The summed E-state index contributed by atoms with van der Waals surface area (Å²) < 4.78 is 5.01. The summed E-state index contributed by atoms with van der Waals surface area (Å²) >= 11 is 0. The first-order valence-corrected chi connectivity index (χ1v) is 6.82. The largest absolute Gasteiger partial charge is 0.450 e. The van der Waals surface area contributed by atoms with Gasteiger partial charge in [-0.25, -0.2) is 4.79 Å². The van der Waals surface area contributed by atoms with Gasteiger partial charge in [0.1, 0.15) is 0 Å². The van der Waals surface area contributed by atoms with Crippen LogP contribution in [0.1, 0.15) is 27.2 Å². The highest BCUT2D eigenvalue weighted by atomic mass is 16.6. The second kappa shape index (κ2) is 6.95. The van der Waals surface area contributed by atoms with Crippen LogP contribution in [-0.2, 0) is 4.74 Å². The summed E-state index contributed by atoms with van der Waals surface area (Å²) in [5, 5.41) is 0. The van der Waals surface area contributed by atoms with Gasteiger partial charge < -0.3 is 15.4 Å². The highest BCUT2D eigenvalue weighted by Crippen LogP contribution is 2.21. The van der Waals surface area contributed by atoms with Crippen molar-refractivity contribution < 1.29 is 9.53 Å². The average Bonchev–Trinajstić information content (AvgIpc) is 2.29. The molecule has 0 radical (unpaired) electrons. The summed E-state index contributed by atoms with van der Waals surface area (Å²) in [6.45, 7) is 11.9. The Morgan fingerprint density at radius 3 is 2.39 bits per heavy atom. The Morgan fingerprint density at radius 1 is 1.28 bits per heavy atom. The van der Waals surface area contributed by atoms with Crippen molar-refractivity contribution in [1.29, 1.82) is 0 Å². The molecule has 0 unspecified atom stereocenters. The maximum atomic E-state index is 11.6. The molecule has 0 aromatic heterocycles. The van der Waals surface area contributed by atoms with Gasteiger partial charge in [0.15, 0.2) is 0 Å². The molecule has 1 aliphatic rings. The number of ether oxygens (including phenoxy) is 1. The Balaban J connectivity index is 2.33. The molecule has 0 aliphatic carbocycles. The van der Waals surface area contributed by atoms with Gasteiger partial charge in [0, 0.05) is 32.7 Å². The molecule has 18 heavy (non-hydrogen) atoms. The van der Waals surface area contributed by atoms with Crippen molar-refractivity contribution in [3.63, 3.8) is 0 Å². The van der Waals surface area contributed by atoms with Crippen molar-refractivity contribution in [3.8, 4) is 0 Å². The van der Waals surface area contributed by atoms with E-state index in [-0.39, 0.29) is 11.5 Å². The monoisotopic (exact) mass is 257 g/mol. The Hall–Kier alpha value is -0.810. The fraction of sp³-hybridized carbons (Fsp3) is 0.923. The third-order valence-electron chi connectivity index (χ3n) is 3.37. The van der Waals surface area contributed by atoms with Gasteiger partial charge >= 0.3 is 6.09 Å². The number of piperazine rings is 1. The lowest BCUT2D eigenvalue weighted by Gasteiger charge is -2.38. The van der Waals surface area contributed by atoms with Crippen molar-refractivity contribution in [2.75, 3.05) is 45.9 Å². The number of amides is 1. The zero-order chi connectivity index (χ0) is 13.6. The molecule has 1 amide bonds. The molecule has 0 atom stereocenters. The molecule has 5 nitrogen and oxygen atoms in total. The molecule has 1 saturated heterocycles. The summed E-state index contributed by atoms with van der Waals surface area (Å²) in [7, 11) is 0. The van der Waals surface area contributed by atoms with E-state index in [1.165, 1.54) is 0 Å². The second-order valence-electron chi connectivity index (χ2n) is 5.67. The van der Waals surface area contributed by atoms with E-state index in [4.69, 9.17) is 10.5 Å². The molecule has 0 bridgehead atoms. The lowest BCUT2D eigenvalue weighted by Crippen LogP contribution is -2.51. The summed E-state index contributed by atoms with van der Waals surface area (Å²) in [6, 6.07) is 0. The summed E-state index contributed by atoms with van der Waals surface area (Å²) in [4.78, 5) is 15.8. The first-order chi connectivity index (χ1) is 8.48. The molecule has 0 aromatic carbocycles. The zero-order valence-corrected chi connectivity index (χ0v) is 11.9. The van der Waals surface area contributed by atoms with Crippen molar-refractivity contribution in [2.24, 2.45) is 11.1 Å². The number of hydrogen-bond acceptors (Lipinski definition) is 4. The van der Waals surface area contributed by atoms with Crippen LogP contribution in [0.2, 0.25) is 0 Å². The van der Waals surface area contributed by atoms with Crippen molar-refractivity contribution in [1.82, 2.24) is 9.80 Å². The second-order valence-corrected chi connectivity index (χ2v) is 5.67. The van der Waals surface area contributed by atoms with Crippen LogP contribution in [0.4, 0.5) is 4.79 Å². The summed E-state index contributed by atoms with van der Waals surface area (Å²) in [5.74, 6) is 0. The highest BCUT2D eigenvalue weighted by Gasteiger charge is 2.26. The van der Waals surface area contributed by atoms with E-state index in [0.29, 0.717) is 6.61 Å². The first kappa shape index (κ1) is 15.2. The fourth-order valence-electron chi connectivity index (χ4n) is 2.38. The van der Waals surface area contributed by atoms with Crippen LogP contribution in [0.3, 0.4) is 0 Å². The van der Waals surface area contributed by atoms with E-state index >= 15 is 0 Å². The molecule has 1 aliphatic heterocycles. The van der Waals surface area contributed by atoms with Crippen LogP contribution < -0.4 is 5.73 Å². The third-order valence-corrected chi connectivity index (χ3v) is 3.37. The molecule has 0 saturated carbocycles. The molecule has 5 heteroatoms. The van der Waals surface area contributed by atoms with Gasteiger partial charge in [-0.1, -0.05) is 13.8 Å². The van der Waals surface area contributed by atoms with E-state index in [2.05, 4.69) is 18.7 Å². The van der Waals surface area contributed by atoms with Crippen molar-refractivity contribution in [3.05, 3.63) is 0 Å². The van der Waals surface area contributed by atoms with Gasteiger partial charge in [0.2, 0.25) is 0 Å². The number of carbonyl (C=O) groups excluding carboxylic acids is 1. The number of hydrogen-bond donors (Lipinski definition) is 1. The lowest BCUT2D eigenvalue weighted by molar-refractivity contribution is 0.0670. The average molecular weight is 257 g/mol. The van der Waals surface area contributed by atoms with Gasteiger partial charge in [-0.2, -0.15) is 0 Å². The smallest absolute Gasteiger partial charge is 0.409 e. The van der Waals surface area contributed by atoms with Gasteiger partial charge in [0.25, 0.3) is 0 Å². The first-order valence-electron chi connectivity index (χ1n) is 6.82. The molecule has 1 fully saturated rings. The predicted molar refractivity (Wildman–Crippen MR) is 72.5 cm³/mol. The fourth-order valence-corrected chi connectivity index (χ4v) is 2.38. The van der Waals surface area contributed by atoms with E-state index < -0.39 is 0 Å². The molecule has 0 spiro atoms. The maximum absolute atomic E-state index is 11.6. The Labute approximate surface area is 110 Å². The molecular formula is C13H27N3O2. The van der Waals surface area contributed by atoms with Crippen LogP contribution in [0.15, 0.2) is 0 Å². The van der Waals surface area contributed by atoms with E-state index in [0.717, 1.165) is 45.7 Å². The van der Waals surface area contributed by atoms with Gasteiger partial charge in [-0.05, 0) is 25.3 Å². The van der Waals surface area contributed by atoms with E-state index in [9.17, 15) is 4.79 Å². The maximum Gasteiger partial charge on any atom is 0.409 e. The Bertz CT molecular complexity index is 261. The predicted octanol–water partition coefficient (Wildman–Crippen LogP) is 1.14. The van der Waals surface area contributed by atoms with Gasteiger partial charge in [-0.15, -0.1) is 0 Å². The summed E-state index contributed by atoms with van der Waals surface area (Å²) in [6.07, 6.45) is 0.851. The molecule has 1 rings (SSSR count). The van der Waals surface area contributed by atoms with Crippen LogP contribution in [-0.4, -0.2) is 61.8 Å². The highest BCUT2D eigenvalue weighted by molar-refractivity contribution is 5.67. The normalized spacial score (nSPS) is 17.9. The minimum absolute atomic E-state index is 0.182. The molecule has 1 heterocycles. The van der Waals surface area contributed by atoms with Crippen molar-refractivity contribution >= 4 is 6.09 Å². The standard InChI is InChI=1S/C13H27N3O2/c1-4-18-12(17)16-9-7-15(8-10-16)11-13(2,3)5-6-14/h4-11,14H2,1-3H3. The third kappa shape index (κ3) is 4.82. The topological polar surface area (TPSA) is 58.8 Å². The Morgan fingerprint density at radius 2 is 1.89 bits per heavy atom. The van der Waals surface area contributed by atoms with Gasteiger partial charge in [0.05, 0.1) is 6.61 Å². The number of rotatable bonds is 5. The van der Waals surface area contributed by atoms with Crippen LogP contribution in [0.5, 0.6) is 0 Å². The van der Waals surface area contributed by atoms with E-state index in [1.54, 1.807) is 4.90 Å². The summed E-state index contributed by atoms with van der Waals surface area (Å²) in [5.41, 5.74) is 5.88.